The first-order valence-corrected chi connectivity index (χ1v) is 8.92. The summed E-state index contributed by atoms with van der Waals surface area (Å²) in [4.78, 5) is 16.8. The van der Waals surface area contributed by atoms with E-state index in [-0.39, 0.29) is 11.8 Å². The summed E-state index contributed by atoms with van der Waals surface area (Å²) < 4.78 is 0. The molecule has 2 rings (SSSR count). The second-order valence-electron chi connectivity index (χ2n) is 6.55. The number of piperazine rings is 1. The molecule has 0 aromatic heterocycles. The third-order valence-corrected chi connectivity index (χ3v) is 4.87. The number of nitrogens with zero attached hydrogens (tertiary/aromatic N) is 2. The van der Waals surface area contributed by atoms with Gasteiger partial charge in [0.2, 0.25) is 5.91 Å². The van der Waals surface area contributed by atoms with Crippen LogP contribution in [0.25, 0.3) is 0 Å². The first kappa shape index (κ1) is 18.0. The highest BCUT2D eigenvalue weighted by Gasteiger charge is 2.15. The summed E-state index contributed by atoms with van der Waals surface area (Å²) in [6.07, 6.45) is 0.885. The molecule has 1 aliphatic heterocycles. The molecule has 1 unspecified atom stereocenters. The van der Waals surface area contributed by atoms with Crippen LogP contribution in [0, 0.1) is 5.92 Å². The van der Waals surface area contributed by atoms with E-state index in [9.17, 15) is 4.79 Å². The van der Waals surface area contributed by atoms with E-state index in [1.807, 2.05) is 13.8 Å². The maximum absolute atomic E-state index is 11.8. The third-order valence-electron chi connectivity index (χ3n) is 4.87. The third kappa shape index (κ3) is 5.63. The van der Waals surface area contributed by atoms with E-state index >= 15 is 0 Å². The van der Waals surface area contributed by atoms with E-state index in [1.165, 1.54) is 24.2 Å². The van der Waals surface area contributed by atoms with Gasteiger partial charge in [-0.2, -0.15) is 0 Å². The smallest absolute Gasteiger partial charge is 0.223 e. The summed E-state index contributed by atoms with van der Waals surface area (Å²) in [5.74, 6) is 0.237. The summed E-state index contributed by atoms with van der Waals surface area (Å²) in [5, 5.41) is 3.01. The van der Waals surface area contributed by atoms with Crippen molar-refractivity contribution >= 4 is 5.91 Å². The van der Waals surface area contributed by atoms with Gasteiger partial charge in [0.05, 0.1) is 0 Å². The van der Waals surface area contributed by atoms with Gasteiger partial charge in [-0.1, -0.05) is 45.0 Å². The molecule has 1 fully saturated rings. The van der Waals surface area contributed by atoms with Gasteiger partial charge in [0, 0.05) is 45.2 Å². The minimum absolute atomic E-state index is 0.0936. The number of hydrogen-bond donors (Lipinski definition) is 1. The summed E-state index contributed by atoms with van der Waals surface area (Å²) in [5.41, 5.74) is 2.52. The topological polar surface area (TPSA) is 35.6 Å². The Morgan fingerprint density at radius 1 is 1.04 bits per heavy atom. The second-order valence-corrected chi connectivity index (χ2v) is 6.55. The highest BCUT2D eigenvalue weighted by Crippen LogP contribution is 2.10. The molecule has 4 nitrogen and oxygen atoms in total. The number of nitrogens with one attached hydrogen (secondary N) is 1. The van der Waals surface area contributed by atoms with Crippen molar-refractivity contribution in [3.05, 3.63) is 35.4 Å². The van der Waals surface area contributed by atoms with E-state index in [2.05, 4.69) is 46.3 Å². The van der Waals surface area contributed by atoms with Crippen LogP contribution in [0.1, 0.15) is 38.3 Å². The summed E-state index contributed by atoms with van der Waals surface area (Å²) in [6, 6.07) is 8.65. The van der Waals surface area contributed by atoms with Crippen molar-refractivity contribution in [1.82, 2.24) is 15.1 Å². The molecule has 1 aromatic rings. The average molecular weight is 317 g/mol. The predicted molar refractivity (Wildman–Crippen MR) is 95.1 cm³/mol. The summed E-state index contributed by atoms with van der Waals surface area (Å²) in [6.45, 7) is 13.7. The van der Waals surface area contributed by atoms with Crippen LogP contribution in [0.5, 0.6) is 0 Å². The van der Waals surface area contributed by atoms with Gasteiger partial charge in [-0.15, -0.1) is 0 Å². The van der Waals surface area contributed by atoms with Crippen molar-refractivity contribution in [2.75, 3.05) is 32.7 Å². The molecule has 0 aliphatic carbocycles. The van der Waals surface area contributed by atoms with Gasteiger partial charge in [-0.25, -0.2) is 0 Å². The Labute approximate surface area is 140 Å². The molecular formula is C19H31N3O. The van der Waals surface area contributed by atoms with Crippen molar-refractivity contribution in [3.8, 4) is 0 Å². The molecule has 23 heavy (non-hydrogen) atoms. The van der Waals surface area contributed by atoms with E-state index in [4.69, 9.17) is 0 Å². The van der Waals surface area contributed by atoms with Crippen LogP contribution in [0.15, 0.2) is 24.3 Å². The molecule has 1 saturated heterocycles. The zero-order chi connectivity index (χ0) is 16.7. The van der Waals surface area contributed by atoms with Gasteiger partial charge in [-0.05, 0) is 24.1 Å². The molecule has 0 radical (unpaired) electrons. The minimum atomic E-state index is 0.0936. The van der Waals surface area contributed by atoms with Gasteiger partial charge in [0.1, 0.15) is 0 Å². The van der Waals surface area contributed by atoms with Crippen molar-refractivity contribution < 1.29 is 4.79 Å². The van der Waals surface area contributed by atoms with Crippen LogP contribution < -0.4 is 5.32 Å². The van der Waals surface area contributed by atoms with Gasteiger partial charge >= 0.3 is 0 Å². The van der Waals surface area contributed by atoms with Crippen molar-refractivity contribution in [3.63, 3.8) is 0 Å². The molecule has 128 valence electrons. The molecule has 1 heterocycles. The Balaban J connectivity index is 1.77. The molecule has 1 N–H and O–H groups in total. The number of benzene rings is 1. The predicted octanol–water partition coefficient (Wildman–Crippen LogP) is 2.49. The molecule has 1 aliphatic rings. The van der Waals surface area contributed by atoms with Crippen molar-refractivity contribution in [2.24, 2.45) is 5.92 Å². The molecule has 0 spiro atoms. The summed E-state index contributed by atoms with van der Waals surface area (Å²) >= 11 is 0. The van der Waals surface area contributed by atoms with Crippen molar-refractivity contribution in [1.29, 1.82) is 0 Å². The average Bonchev–Trinajstić information content (AvgIpc) is 2.60. The number of rotatable bonds is 7. The van der Waals surface area contributed by atoms with Gasteiger partial charge < -0.3 is 10.2 Å². The maximum atomic E-state index is 11.8. The number of likely N-dealkylation sites (N-methyl/N-ethyl adjacent to an activating group) is 1. The monoisotopic (exact) mass is 317 g/mol. The number of hydrogen-bond acceptors (Lipinski definition) is 3. The molecular weight excluding hydrogens is 286 g/mol. The fraction of sp³-hybridized carbons (Fsp3) is 0.632. The highest BCUT2D eigenvalue weighted by molar-refractivity contribution is 5.78. The highest BCUT2D eigenvalue weighted by atomic mass is 16.1. The molecule has 4 heteroatoms. The SMILES string of the molecule is CCC(C)C(=O)NCc1ccc(CN2CCN(CC)CC2)cc1. The Bertz CT molecular complexity index is 478. The molecule has 1 aromatic carbocycles. The Kier molecular flexibility index (Phi) is 7.06. The van der Waals surface area contributed by atoms with Crippen LogP contribution in [0.2, 0.25) is 0 Å². The standard InChI is InChI=1S/C19H31N3O/c1-4-16(3)19(23)20-14-17-6-8-18(9-7-17)15-22-12-10-21(5-2)11-13-22/h6-9,16H,4-5,10-15H2,1-3H3,(H,20,23). The lowest BCUT2D eigenvalue weighted by molar-refractivity contribution is -0.124. The van der Waals surface area contributed by atoms with Crippen LogP contribution in [0.4, 0.5) is 0 Å². The van der Waals surface area contributed by atoms with Gasteiger partial charge in [-0.3, -0.25) is 9.69 Å². The lowest BCUT2D eigenvalue weighted by atomic mass is 10.1. The van der Waals surface area contributed by atoms with E-state index < -0.39 is 0 Å². The van der Waals surface area contributed by atoms with Gasteiger partial charge in [0.15, 0.2) is 0 Å². The zero-order valence-electron chi connectivity index (χ0n) is 14.8. The number of carbonyl (C=O) groups is 1. The first-order chi connectivity index (χ1) is 11.1. The van der Waals surface area contributed by atoms with Crippen LogP contribution in [-0.2, 0) is 17.9 Å². The van der Waals surface area contributed by atoms with E-state index in [0.717, 1.165) is 32.6 Å². The van der Waals surface area contributed by atoms with Crippen LogP contribution in [0.3, 0.4) is 0 Å². The Morgan fingerprint density at radius 2 is 1.61 bits per heavy atom. The number of amides is 1. The fourth-order valence-electron chi connectivity index (χ4n) is 2.83. The molecule has 0 saturated carbocycles. The first-order valence-electron chi connectivity index (χ1n) is 8.92. The van der Waals surface area contributed by atoms with Gasteiger partial charge in [0.25, 0.3) is 0 Å². The summed E-state index contributed by atoms with van der Waals surface area (Å²) in [7, 11) is 0. The van der Waals surface area contributed by atoms with E-state index in [0.29, 0.717) is 6.54 Å². The fourth-order valence-corrected chi connectivity index (χ4v) is 2.83. The largest absolute Gasteiger partial charge is 0.352 e. The molecule has 1 amide bonds. The second kappa shape index (κ2) is 9.04. The van der Waals surface area contributed by atoms with Crippen molar-refractivity contribution in [2.45, 2.75) is 40.3 Å². The zero-order valence-corrected chi connectivity index (χ0v) is 14.8. The Morgan fingerprint density at radius 3 is 2.17 bits per heavy atom. The van der Waals surface area contributed by atoms with E-state index in [1.54, 1.807) is 0 Å². The van der Waals surface area contributed by atoms with Crippen LogP contribution >= 0.6 is 0 Å². The number of carbonyl (C=O) groups excluding carboxylic acids is 1. The minimum Gasteiger partial charge on any atom is -0.352 e. The normalized spacial score (nSPS) is 17.9. The van der Waals surface area contributed by atoms with Crippen LogP contribution in [-0.4, -0.2) is 48.4 Å². The Hall–Kier alpha value is -1.39. The molecule has 1 atom stereocenters. The maximum Gasteiger partial charge on any atom is 0.223 e. The quantitative estimate of drug-likeness (QED) is 0.839. The lowest BCUT2D eigenvalue weighted by Gasteiger charge is -2.34. The lowest BCUT2D eigenvalue weighted by Crippen LogP contribution is -2.45. The molecule has 0 bridgehead atoms.